The zero-order chi connectivity index (χ0) is 15.7. The normalized spacial score (nSPS) is 10.2. The predicted molar refractivity (Wildman–Crippen MR) is 95.2 cm³/mol. The third kappa shape index (κ3) is 3.28. The van der Waals surface area contributed by atoms with Gasteiger partial charge < -0.3 is 10.1 Å². The molecular formula is C16H16ClN3O2S. The summed E-state index contributed by atoms with van der Waals surface area (Å²) in [5.74, 6) is 0.382. The maximum atomic E-state index is 11.6. The highest BCUT2D eigenvalue weighted by Gasteiger charge is 2.12. The standard InChI is InChI=1S/C16H15N3O2S.ClH/c1-9-10(2)22-15-13(9)14(17-8-18-15)19-12-6-4-5-11(7-12)16(20)21-3;/h4-8H,1-3H3,(H,17,18,19);1H. The number of carbonyl (C=O) groups excluding carboxylic acids is 1. The van der Waals surface area contributed by atoms with Gasteiger partial charge in [-0.05, 0) is 37.6 Å². The molecular weight excluding hydrogens is 334 g/mol. The summed E-state index contributed by atoms with van der Waals surface area (Å²) in [5, 5.41) is 4.29. The Bertz CT molecular complexity index is 864. The largest absolute Gasteiger partial charge is 0.465 e. The molecule has 3 rings (SSSR count). The van der Waals surface area contributed by atoms with E-state index in [1.165, 1.54) is 17.6 Å². The van der Waals surface area contributed by atoms with Crippen LogP contribution in [0.4, 0.5) is 11.5 Å². The van der Waals surface area contributed by atoms with Gasteiger partial charge in [0.05, 0.1) is 18.1 Å². The van der Waals surface area contributed by atoms with E-state index in [-0.39, 0.29) is 18.4 Å². The molecule has 0 fully saturated rings. The third-order valence-corrected chi connectivity index (χ3v) is 4.63. The van der Waals surface area contributed by atoms with Gasteiger partial charge in [0.15, 0.2) is 0 Å². The minimum Gasteiger partial charge on any atom is -0.465 e. The van der Waals surface area contributed by atoms with Crippen molar-refractivity contribution in [1.82, 2.24) is 9.97 Å². The highest BCUT2D eigenvalue weighted by molar-refractivity contribution is 7.18. The molecule has 7 heteroatoms. The Morgan fingerprint density at radius 2 is 2.04 bits per heavy atom. The minimum absolute atomic E-state index is 0. The Morgan fingerprint density at radius 1 is 1.26 bits per heavy atom. The van der Waals surface area contributed by atoms with E-state index in [1.54, 1.807) is 35.9 Å². The Labute approximate surface area is 144 Å². The number of fused-ring (bicyclic) bond motifs is 1. The van der Waals surface area contributed by atoms with Crippen LogP contribution in [-0.4, -0.2) is 23.0 Å². The molecule has 2 aromatic heterocycles. The van der Waals surface area contributed by atoms with Crippen molar-refractivity contribution in [3.63, 3.8) is 0 Å². The average Bonchev–Trinajstić information content (AvgIpc) is 2.82. The SMILES string of the molecule is COC(=O)c1cccc(Nc2ncnc3sc(C)c(C)c23)c1.Cl. The molecule has 0 atom stereocenters. The second-order valence-electron chi connectivity index (χ2n) is 4.88. The van der Waals surface area contributed by atoms with Crippen LogP contribution in [0.2, 0.25) is 0 Å². The van der Waals surface area contributed by atoms with Gasteiger partial charge in [-0.15, -0.1) is 23.7 Å². The van der Waals surface area contributed by atoms with Gasteiger partial charge in [0.25, 0.3) is 0 Å². The van der Waals surface area contributed by atoms with Crippen LogP contribution in [0.15, 0.2) is 30.6 Å². The Hall–Kier alpha value is -2.18. The number of rotatable bonds is 3. The highest BCUT2D eigenvalue weighted by atomic mass is 35.5. The maximum Gasteiger partial charge on any atom is 0.337 e. The van der Waals surface area contributed by atoms with E-state index >= 15 is 0 Å². The minimum atomic E-state index is -0.362. The first-order valence-electron chi connectivity index (χ1n) is 6.76. The quantitative estimate of drug-likeness (QED) is 0.716. The lowest BCUT2D eigenvalue weighted by molar-refractivity contribution is 0.0601. The summed E-state index contributed by atoms with van der Waals surface area (Å²) >= 11 is 1.65. The summed E-state index contributed by atoms with van der Waals surface area (Å²) in [4.78, 5) is 22.4. The molecule has 120 valence electrons. The van der Waals surface area contributed by atoms with E-state index in [1.807, 2.05) is 6.07 Å². The fraction of sp³-hybridized carbons (Fsp3) is 0.188. The molecule has 1 N–H and O–H groups in total. The molecule has 0 aliphatic rings. The summed E-state index contributed by atoms with van der Waals surface area (Å²) in [7, 11) is 1.37. The first-order chi connectivity index (χ1) is 10.6. The van der Waals surface area contributed by atoms with Crippen LogP contribution >= 0.6 is 23.7 Å². The maximum absolute atomic E-state index is 11.6. The molecule has 0 aliphatic heterocycles. The number of nitrogens with one attached hydrogen (secondary N) is 1. The number of anilines is 2. The number of nitrogens with zero attached hydrogens (tertiary/aromatic N) is 2. The van der Waals surface area contributed by atoms with Gasteiger partial charge >= 0.3 is 5.97 Å². The molecule has 1 aromatic carbocycles. The summed E-state index contributed by atoms with van der Waals surface area (Å²) in [6, 6.07) is 7.15. The van der Waals surface area contributed by atoms with E-state index in [0.29, 0.717) is 5.56 Å². The monoisotopic (exact) mass is 349 g/mol. The van der Waals surface area contributed by atoms with Crippen molar-refractivity contribution in [3.8, 4) is 0 Å². The van der Waals surface area contributed by atoms with Gasteiger partial charge in [0, 0.05) is 10.6 Å². The van der Waals surface area contributed by atoms with Gasteiger partial charge in [-0.25, -0.2) is 14.8 Å². The van der Waals surface area contributed by atoms with Crippen LogP contribution in [0, 0.1) is 13.8 Å². The summed E-state index contributed by atoms with van der Waals surface area (Å²) < 4.78 is 4.74. The molecule has 0 unspecified atom stereocenters. The van der Waals surface area contributed by atoms with E-state index in [0.717, 1.165) is 21.7 Å². The van der Waals surface area contributed by atoms with Crippen molar-refractivity contribution in [2.75, 3.05) is 12.4 Å². The lowest BCUT2D eigenvalue weighted by Gasteiger charge is -2.08. The van der Waals surface area contributed by atoms with Gasteiger partial charge in [-0.2, -0.15) is 0 Å². The van der Waals surface area contributed by atoms with E-state index < -0.39 is 0 Å². The van der Waals surface area contributed by atoms with Crippen LogP contribution in [0.25, 0.3) is 10.2 Å². The summed E-state index contributed by atoms with van der Waals surface area (Å²) in [5.41, 5.74) is 2.45. The number of aromatic nitrogens is 2. The number of benzene rings is 1. The highest BCUT2D eigenvalue weighted by Crippen LogP contribution is 2.33. The molecule has 0 saturated carbocycles. The number of esters is 1. The Morgan fingerprint density at radius 3 is 2.78 bits per heavy atom. The molecule has 23 heavy (non-hydrogen) atoms. The Kier molecular flexibility index (Phi) is 5.18. The lowest BCUT2D eigenvalue weighted by atomic mass is 10.2. The molecule has 0 saturated heterocycles. The summed E-state index contributed by atoms with van der Waals surface area (Å²) in [6.07, 6.45) is 1.55. The van der Waals surface area contributed by atoms with Crippen molar-refractivity contribution in [2.24, 2.45) is 0 Å². The van der Waals surface area contributed by atoms with Crippen LogP contribution in [0.5, 0.6) is 0 Å². The number of hydrogen-bond donors (Lipinski definition) is 1. The van der Waals surface area contributed by atoms with Crippen molar-refractivity contribution < 1.29 is 9.53 Å². The smallest absolute Gasteiger partial charge is 0.337 e. The number of thiophene rings is 1. The van der Waals surface area contributed by atoms with Gasteiger partial charge in [0.1, 0.15) is 17.0 Å². The number of hydrogen-bond acceptors (Lipinski definition) is 6. The van der Waals surface area contributed by atoms with E-state index in [2.05, 4.69) is 29.1 Å². The summed E-state index contributed by atoms with van der Waals surface area (Å²) in [6.45, 7) is 4.14. The van der Waals surface area contributed by atoms with Crippen LogP contribution in [0.3, 0.4) is 0 Å². The van der Waals surface area contributed by atoms with Gasteiger partial charge in [-0.1, -0.05) is 6.07 Å². The van der Waals surface area contributed by atoms with Crippen molar-refractivity contribution in [2.45, 2.75) is 13.8 Å². The molecule has 5 nitrogen and oxygen atoms in total. The fourth-order valence-corrected chi connectivity index (χ4v) is 3.25. The third-order valence-electron chi connectivity index (χ3n) is 3.51. The van der Waals surface area contributed by atoms with Crippen molar-refractivity contribution in [3.05, 3.63) is 46.6 Å². The number of aryl methyl sites for hydroxylation is 2. The second kappa shape index (κ2) is 6.93. The van der Waals surface area contributed by atoms with Crippen LogP contribution in [0.1, 0.15) is 20.8 Å². The van der Waals surface area contributed by atoms with Crippen molar-refractivity contribution in [1.29, 1.82) is 0 Å². The molecule has 0 radical (unpaired) electrons. The topological polar surface area (TPSA) is 64.1 Å². The molecule has 0 amide bonds. The number of methoxy groups -OCH3 is 1. The first kappa shape index (κ1) is 17.2. The van der Waals surface area contributed by atoms with Gasteiger partial charge in [0.2, 0.25) is 0 Å². The second-order valence-corrected chi connectivity index (χ2v) is 6.09. The van der Waals surface area contributed by atoms with Gasteiger partial charge in [-0.3, -0.25) is 0 Å². The zero-order valence-corrected chi connectivity index (χ0v) is 14.5. The number of ether oxygens (including phenoxy) is 1. The Balaban J connectivity index is 0.00000192. The molecule has 2 heterocycles. The number of halogens is 1. The molecule has 0 bridgehead atoms. The molecule has 0 aliphatic carbocycles. The molecule has 0 spiro atoms. The first-order valence-corrected chi connectivity index (χ1v) is 7.58. The average molecular weight is 350 g/mol. The fourth-order valence-electron chi connectivity index (χ4n) is 2.26. The van der Waals surface area contributed by atoms with Crippen LogP contribution < -0.4 is 5.32 Å². The van der Waals surface area contributed by atoms with Crippen LogP contribution in [-0.2, 0) is 4.74 Å². The number of carbonyl (C=O) groups is 1. The molecule has 3 aromatic rings. The predicted octanol–water partition coefficient (Wildman–Crippen LogP) is 4.26. The van der Waals surface area contributed by atoms with E-state index in [9.17, 15) is 4.79 Å². The lowest BCUT2D eigenvalue weighted by Crippen LogP contribution is -2.02. The van der Waals surface area contributed by atoms with E-state index in [4.69, 9.17) is 4.74 Å². The van der Waals surface area contributed by atoms with Crippen molar-refractivity contribution >= 4 is 51.4 Å². The zero-order valence-electron chi connectivity index (χ0n) is 12.9.